The van der Waals surface area contributed by atoms with Crippen molar-refractivity contribution in [1.29, 1.82) is 0 Å². The third-order valence-electron chi connectivity index (χ3n) is 5.12. The molecule has 0 aliphatic carbocycles. The molecule has 3 rings (SSSR count). The van der Waals surface area contributed by atoms with Gasteiger partial charge in [-0.2, -0.15) is 0 Å². The van der Waals surface area contributed by atoms with Gasteiger partial charge in [-0.05, 0) is 51.1 Å². The molecule has 0 saturated carbocycles. The van der Waals surface area contributed by atoms with Crippen LogP contribution < -0.4 is 5.32 Å². The number of hydrogen-bond donors (Lipinski definition) is 1. The van der Waals surface area contributed by atoms with Crippen LogP contribution >= 0.6 is 0 Å². The summed E-state index contributed by atoms with van der Waals surface area (Å²) in [6.07, 6.45) is 1.47. The largest absolute Gasteiger partial charge is 0.454 e. The summed E-state index contributed by atoms with van der Waals surface area (Å²) < 4.78 is 26.5. The number of carbonyl (C=O) groups is 2. The maximum atomic E-state index is 14.0. The lowest BCUT2D eigenvalue weighted by Gasteiger charge is -2.17. The number of pyridine rings is 1. The van der Waals surface area contributed by atoms with Crippen molar-refractivity contribution >= 4 is 23.3 Å². The number of anilines is 2. The molecule has 32 heavy (non-hydrogen) atoms. The van der Waals surface area contributed by atoms with Gasteiger partial charge in [0.05, 0.1) is 18.3 Å². The van der Waals surface area contributed by atoms with Gasteiger partial charge in [-0.15, -0.1) is 0 Å². The summed E-state index contributed by atoms with van der Waals surface area (Å²) in [6.45, 7) is 5.86. The van der Waals surface area contributed by atoms with Gasteiger partial charge in [0, 0.05) is 30.3 Å². The number of nitrogens with one attached hydrogen (secondary N) is 1. The van der Waals surface area contributed by atoms with Crippen LogP contribution in [0.15, 0.2) is 48.7 Å². The molecular formula is C24H26FN3O4. The molecule has 0 aliphatic heterocycles. The molecule has 168 valence electrons. The highest BCUT2D eigenvalue weighted by atomic mass is 19.1. The molecule has 7 nitrogen and oxygen atoms in total. The number of ketones is 1. The number of carbonyl (C=O) groups excluding carboxylic acids is 2. The minimum absolute atomic E-state index is 0.0616. The topological polar surface area (TPSA) is 82.5 Å². The standard InChI is InChI=1S/C24H26FN3O4/c1-15-12-19(17(3)28(15)16(2)13-31-4)22(29)14-32-24(30)18-8-7-11-26-23(18)27-21-10-6-5-9-20(21)25/h5-12,16H,13-14H2,1-4H3,(H,26,27)/t16-/m1/s1. The van der Waals surface area contributed by atoms with E-state index < -0.39 is 18.4 Å². The van der Waals surface area contributed by atoms with Crippen LogP contribution in [0.2, 0.25) is 0 Å². The minimum atomic E-state index is -0.730. The van der Waals surface area contributed by atoms with Gasteiger partial charge in [-0.1, -0.05) is 12.1 Å². The fourth-order valence-corrected chi connectivity index (χ4v) is 3.70. The van der Waals surface area contributed by atoms with Gasteiger partial charge in [-0.3, -0.25) is 4.79 Å². The van der Waals surface area contributed by atoms with E-state index >= 15 is 0 Å². The van der Waals surface area contributed by atoms with Crippen molar-refractivity contribution in [3.8, 4) is 0 Å². The number of aromatic nitrogens is 2. The first-order valence-electron chi connectivity index (χ1n) is 10.2. The number of Topliss-reactive ketones (excluding diaryl/α,β-unsaturated/α-hetero) is 1. The van der Waals surface area contributed by atoms with Crippen LogP contribution in [0, 0.1) is 19.7 Å². The third kappa shape index (κ3) is 5.03. The van der Waals surface area contributed by atoms with Gasteiger partial charge >= 0.3 is 5.97 Å². The SMILES string of the molecule is COC[C@@H](C)n1c(C)cc(C(=O)COC(=O)c2cccnc2Nc2ccccc2F)c1C. The average Bonchev–Trinajstić information content (AvgIpc) is 3.08. The van der Waals surface area contributed by atoms with E-state index in [-0.39, 0.29) is 28.9 Å². The average molecular weight is 439 g/mol. The summed E-state index contributed by atoms with van der Waals surface area (Å²) in [4.78, 5) is 29.5. The Morgan fingerprint density at radius 3 is 2.62 bits per heavy atom. The Labute approximate surface area is 186 Å². The van der Waals surface area contributed by atoms with E-state index in [0.29, 0.717) is 12.2 Å². The Morgan fingerprint density at radius 2 is 1.91 bits per heavy atom. The Kier molecular flexibility index (Phi) is 7.37. The second-order valence-corrected chi connectivity index (χ2v) is 7.46. The number of hydrogen-bond acceptors (Lipinski definition) is 6. The van der Waals surface area contributed by atoms with Crippen molar-refractivity contribution in [2.24, 2.45) is 0 Å². The fourth-order valence-electron chi connectivity index (χ4n) is 3.70. The van der Waals surface area contributed by atoms with Crippen LogP contribution in [0.25, 0.3) is 0 Å². The smallest absolute Gasteiger partial charge is 0.342 e. The maximum absolute atomic E-state index is 14.0. The summed E-state index contributed by atoms with van der Waals surface area (Å²) in [5.74, 6) is -1.38. The van der Waals surface area contributed by atoms with Crippen LogP contribution in [0.4, 0.5) is 15.9 Å². The van der Waals surface area contributed by atoms with E-state index in [4.69, 9.17) is 9.47 Å². The predicted octanol–water partition coefficient (Wildman–Crippen LogP) is 4.63. The first kappa shape index (κ1) is 23.1. The molecule has 0 saturated heterocycles. The summed E-state index contributed by atoms with van der Waals surface area (Å²) in [6, 6.07) is 11.0. The van der Waals surface area contributed by atoms with Crippen LogP contribution in [0.1, 0.15) is 45.1 Å². The summed E-state index contributed by atoms with van der Waals surface area (Å²) in [5.41, 5.74) is 2.48. The van der Waals surface area contributed by atoms with Crippen LogP contribution in [0.5, 0.6) is 0 Å². The maximum Gasteiger partial charge on any atom is 0.342 e. The van der Waals surface area contributed by atoms with E-state index in [1.165, 1.54) is 24.4 Å². The van der Waals surface area contributed by atoms with Crippen LogP contribution in [-0.2, 0) is 9.47 Å². The molecule has 0 aliphatic rings. The monoisotopic (exact) mass is 439 g/mol. The van der Waals surface area contributed by atoms with Crippen molar-refractivity contribution in [3.05, 3.63) is 77.0 Å². The van der Waals surface area contributed by atoms with Crippen molar-refractivity contribution in [2.45, 2.75) is 26.8 Å². The number of rotatable bonds is 9. The molecule has 3 aromatic rings. The Hall–Kier alpha value is -3.52. The van der Waals surface area contributed by atoms with Crippen molar-refractivity contribution in [1.82, 2.24) is 9.55 Å². The molecule has 2 heterocycles. The van der Waals surface area contributed by atoms with Gasteiger partial charge in [0.15, 0.2) is 6.61 Å². The van der Waals surface area contributed by atoms with Gasteiger partial charge < -0.3 is 19.4 Å². The molecule has 1 aromatic carbocycles. The Bertz CT molecular complexity index is 1130. The van der Waals surface area contributed by atoms with E-state index in [2.05, 4.69) is 10.3 Å². The van der Waals surface area contributed by atoms with Gasteiger partial charge in [0.1, 0.15) is 17.2 Å². The number of para-hydroxylation sites is 1. The van der Waals surface area contributed by atoms with E-state index in [9.17, 15) is 14.0 Å². The zero-order valence-electron chi connectivity index (χ0n) is 18.5. The second kappa shape index (κ2) is 10.2. The quantitative estimate of drug-likeness (QED) is 0.387. The van der Waals surface area contributed by atoms with Gasteiger partial charge in [0.2, 0.25) is 5.78 Å². The minimum Gasteiger partial charge on any atom is -0.454 e. The van der Waals surface area contributed by atoms with Crippen molar-refractivity contribution in [2.75, 3.05) is 25.6 Å². The number of aryl methyl sites for hydroxylation is 1. The number of halogens is 1. The lowest BCUT2D eigenvalue weighted by atomic mass is 10.1. The van der Waals surface area contributed by atoms with E-state index in [1.807, 2.05) is 25.3 Å². The van der Waals surface area contributed by atoms with Crippen molar-refractivity contribution in [3.63, 3.8) is 0 Å². The lowest BCUT2D eigenvalue weighted by molar-refractivity contribution is 0.0475. The molecular weight excluding hydrogens is 413 g/mol. The van der Waals surface area contributed by atoms with Crippen LogP contribution in [-0.4, -0.2) is 41.6 Å². The molecule has 8 heteroatoms. The third-order valence-corrected chi connectivity index (χ3v) is 5.12. The normalized spacial score (nSPS) is 11.8. The molecule has 1 N–H and O–H groups in total. The summed E-state index contributed by atoms with van der Waals surface area (Å²) >= 11 is 0. The molecule has 0 spiro atoms. The molecule has 2 aromatic heterocycles. The predicted molar refractivity (Wildman–Crippen MR) is 119 cm³/mol. The zero-order chi connectivity index (χ0) is 23.3. The zero-order valence-corrected chi connectivity index (χ0v) is 18.5. The highest BCUT2D eigenvalue weighted by Gasteiger charge is 2.21. The Morgan fingerprint density at radius 1 is 1.16 bits per heavy atom. The highest BCUT2D eigenvalue weighted by Crippen LogP contribution is 2.23. The van der Waals surface area contributed by atoms with Gasteiger partial charge in [0.25, 0.3) is 0 Å². The Balaban J connectivity index is 1.72. The molecule has 0 fully saturated rings. The molecule has 1 atom stereocenters. The van der Waals surface area contributed by atoms with E-state index in [0.717, 1.165) is 11.4 Å². The fraction of sp³-hybridized carbons (Fsp3) is 0.292. The molecule has 0 amide bonds. The number of esters is 1. The number of methoxy groups -OCH3 is 1. The van der Waals surface area contributed by atoms with E-state index in [1.54, 1.807) is 31.4 Å². The van der Waals surface area contributed by atoms with Gasteiger partial charge in [-0.25, -0.2) is 14.2 Å². The number of ether oxygens (including phenoxy) is 2. The van der Waals surface area contributed by atoms with Crippen molar-refractivity contribution < 1.29 is 23.5 Å². The highest BCUT2D eigenvalue weighted by molar-refractivity contribution is 6.01. The second-order valence-electron chi connectivity index (χ2n) is 7.46. The molecule has 0 radical (unpaired) electrons. The van der Waals surface area contributed by atoms with Crippen LogP contribution in [0.3, 0.4) is 0 Å². The summed E-state index contributed by atoms with van der Waals surface area (Å²) in [7, 11) is 1.63. The molecule has 0 unspecified atom stereocenters. The number of benzene rings is 1. The lowest BCUT2D eigenvalue weighted by Crippen LogP contribution is -2.17. The molecule has 0 bridgehead atoms. The first-order valence-corrected chi connectivity index (χ1v) is 10.2. The first-order chi connectivity index (χ1) is 15.3. The number of nitrogens with zero attached hydrogens (tertiary/aromatic N) is 2. The summed E-state index contributed by atoms with van der Waals surface area (Å²) in [5, 5.41) is 2.80.